The first-order valence-electron chi connectivity index (χ1n) is 8.88. The van der Waals surface area contributed by atoms with Crippen LogP contribution in [0, 0.1) is 5.92 Å². The molecule has 1 heterocycles. The van der Waals surface area contributed by atoms with E-state index in [1.807, 2.05) is 0 Å². The van der Waals surface area contributed by atoms with Gasteiger partial charge in [0.15, 0.2) is 0 Å². The maximum Gasteiger partial charge on any atom is 0.0417 e. The third-order valence-corrected chi connectivity index (χ3v) is 5.62. The predicted molar refractivity (Wildman–Crippen MR) is 90.9 cm³/mol. The smallest absolute Gasteiger partial charge is 0.0417 e. The Kier molecular flexibility index (Phi) is 4.84. The van der Waals surface area contributed by atoms with Gasteiger partial charge in [0.05, 0.1) is 0 Å². The number of hydrogen-bond acceptors (Lipinski definition) is 2. The molecule has 0 aromatic heterocycles. The molecular weight excluding hydrogens is 256 g/mol. The minimum Gasteiger partial charge on any atom is -0.368 e. The van der Waals surface area contributed by atoms with Gasteiger partial charge in [-0.2, -0.15) is 0 Å². The molecule has 1 N–H and O–H groups in total. The molecule has 116 valence electrons. The molecule has 3 atom stereocenters. The van der Waals surface area contributed by atoms with E-state index in [0.29, 0.717) is 6.04 Å². The maximum atomic E-state index is 3.49. The number of nitrogens with zero attached hydrogens (tertiary/aromatic N) is 1. The molecule has 21 heavy (non-hydrogen) atoms. The Labute approximate surface area is 129 Å². The van der Waals surface area contributed by atoms with E-state index in [1.54, 1.807) is 0 Å². The summed E-state index contributed by atoms with van der Waals surface area (Å²) in [5.41, 5.74) is 2.99. The van der Waals surface area contributed by atoms with Crippen LogP contribution < -0.4 is 10.2 Å². The molecule has 1 saturated heterocycles. The van der Waals surface area contributed by atoms with Crippen molar-refractivity contribution in [3.63, 3.8) is 0 Å². The minimum atomic E-state index is 0.477. The summed E-state index contributed by atoms with van der Waals surface area (Å²) < 4.78 is 0. The Bertz CT molecular complexity index is 451. The van der Waals surface area contributed by atoms with Gasteiger partial charge in [-0.1, -0.05) is 38.0 Å². The largest absolute Gasteiger partial charge is 0.368 e. The van der Waals surface area contributed by atoms with Crippen LogP contribution in [0.3, 0.4) is 0 Å². The average molecular weight is 286 g/mol. The van der Waals surface area contributed by atoms with Crippen LogP contribution in [0.2, 0.25) is 0 Å². The first-order valence-corrected chi connectivity index (χ1v) is 8.88. The topological polar surface area (TPSA) is 15.3 Å². The molecule has 2 fully saturated rings. The summed E-state index contributed by atoms with van der Waals surface area (Å²) in [6, 6.07) is 10.4. The van der Waals surface area contributed by atoms with E-state index in [0.717, 1.165) is 18.4 Å². The van der Waals surface area contributed by atoms with Crippen molar-refractivity contribution in [3.8, 4) is 0 Å². The second-order valence-electron chi connectivity index (χ2n) is 6.76. The van der Waals surface area contributed by atoms with Crippen molar-refractivity contribution in [1.82, 2.24) is 5.32 Å². The van der Waals surface area contributed by atoms with Crippen molar-refractivity contribution in [2.24, 2.45) is 5.92 Å². The molecule has 3 unspecified atom stereocenters. The highest BCUT2D eigenvalue weighted by Crippen LogP contribution is 2.40. The highest BCUT2D eigenvalue weighted by Gasteiger charge is 2.34. The molecule has 2 nitrogen and oxygen atoms in total. The van der Waals surface area contributed by atoms with Gasteiger partial charge in [-0.05, 0) is 56.7 Å². The maximum absolute atomic E-state index is 3.49. The van der Waals surface area contributed by atoms with Gasteiger partial charge in [0.1, 0.15) is 0 Å². The Balaban J connectivity index is 1.91. The fourth-order valence-corrected chi connectivity index (χ4v) is 4.55. The van der Waals surface area contributed by atoms with Gasteiger partial charge in [0, 0.05) is 24.3 Å². The van der Waals surface area contributed by atoms with Gasteiger partial charge < -0.3 is 10.2 Å². The zero-order chi connectivity index (χ0) is 14.7. The van der Waals surface area contributed by atoms with Crippen LogP contribution >= 0.6 is 0 Å². The number of nitrogens with one attached hydrogen (secondary N) is 1. The van der Waals surface area contributed by atoms with E-state index < -0.39 is 0 Å². The summed E-state index contributed by atoms with van der Waals surface area (Å²) in [6.45, 7) is 3.52. The van der Waals surface area contributed by atoms with Crippen molar-refractivity contribution in [3.05, 3.63) is 29.8 Å². The number of benzene rings is 1. The summed E-state index contributed by atoms with van der Waals surface area (Å²) in [5.74, 6) is 0.940. The van der Waals surface area contributed by atoms with E-state index in [4.69, 9.17) is 0 Å². The lowest BCUT2D eigenvalue weighted by atomic mass is 9.78. The normalized spacial score (nSPS) is 27.2. The second kappa shape index (κ2) is 6.83. The SMILES string of the molecule is CCC(NC)c1ccccc1N1CCCC2CCCCC21. The molecule has 1 saturated carbocycles. The van der Waals surface area contributed by atoms with Crippen molar-refractivity contribution in [2.45, 2.75) is 64.0 Å². The van der Waals surface area contributed by atoms with Crippen LogP contribution in [0.5, 0.6) is 0 Å². The Hall–Kier alpha value is -1.02. The van der Waals surface area contributed by atoms with Crippen LogP contribution in [0.15, 0.2) is 24.3 Å². The summed E-state index contributed by atoms with van der Waals surface area (Å²) in [5, 5.41) is 3.49. The van der Waals surface area contributed by atoms with E-state index >= 15 is 0 Å². The van der Waals surface area contributed by atoms with Crippen LogP contribution in [-0.4, -0.2) is 19.6 Å². The van der Waals surface area contributed by atoms with Gasteiger partial charge >= 0.3 is 0 Å². The lowest BCUT2D eigenvalue weighted by Crippen LogP contribution is -2.47. The molecule has 1 aromatic carbocycles. The molecule has 1 aliphatic heterocycles. The van der Waals surface area contributed by atoms with Gasteiger partial charge in [-0.3, -0.25) is 0 Å². The van der Waals surface area contributed by atoms with E-state index in [-0.39, 0.29) is 0 Å². The Morgan fingerprint density at radius 3 is 2.71 bits per heavy atom. The van der Waals surface area contributed by atoms with E-state index in [9.17, 15) is 0 Å². The second-order valence-corrected chi connectivity index (χ2v) is 6.76. The third kappa shape index (κ3) is 2.96. The van der Waals surface area contributed by atoms with E-state index in [2.05, 4.69) is 48.5 Å². The van der Waals surface area contributed by atoms with Gasteiger partial charge in [0.25, 0.3) is 0 Å². The van der Waals surface area contributed by atoms with Gasteiger partial charge in [-0.15, -0.1) is 0 Å². The van der Waals surface area contributed by atoms with Gasteiger partial charge in [0.2, 0.25) is 0 Å². The molecule has 0 radical (unpaired) electrons. The summed E-state index contributed by atoms with van der Waals surface area (Å²) in [7, 11) is 2.09. The number of hydrogen-bond donors (Lipinski definition) is 1. The predicted octanol–water partition coefficient (Wildman–Crippen LogP) is 4.52. The fourth-order valence-electron chi connectivity index (χ4n) is 4.55. The summed E-state index contributed by atoms with van der Waals surface area (Å²) >= 11 is 0. The lowest BCUT2D eigenvalue weighted by molar-refractivity contribution is 0.243. The zero-order valence-corrected chi connectivity index (χ0v) is 13.6. The van der Waals surface area contributed by atoms with Crippen molar-refractivity contribution >= 4 is 5.69 Å². The molecular formula is C19H30N2. The summed E-state index contributed by atoms with van der Waals surface area (Å²) in [6.07, 6.45) is 9.68. The van der Waals surface area contributed by atoms with Crippen LogP contribution in [0.25, 0.3) is 0 Å². The minimum absolute atomic E-state index is 0.477. The average Bonchev–Trinajstić information content (AvgIpc) is 2.56. The highest BCUT2D eigenvalue weighted by molar-refractivity contribution is 5.56. The molecule has 0 spiro atoms. The Morgan fingerprint density at radius 1 is 1.14 bits per heavy atom. The highest BCUT2D eigenvalue weighted by atomic mass is 15.2. The fraction of sp³-hybridized carbons (Fsp3) is 0.684. The van der Waals surface area contributed by atoms with E-state index in [1.165, 1.54) is 56.3 Å². The summed E-state index contributed by atoms with van der Waals surface area (Å²) in [4.78, 5) is 2.75. The van der Waals surface area contributed by atoms with Crippen LogP contribution in [0.4, 0.5) is 5.69 Å². The monoisotopic (exact) mass is 286 g/mol. The standard InChI is InChI=1S/C19H30N2/c1-3-17(20-2)16-11-5-7-13-19(16)21-14-8-10-15-9-4-6-12-18(15)21/h5,7,11,13,15,17-18,20H,3-4,6,8-10,12,14H2,1-2H3. The van der Waals surface area contributed by atoms with Crippen molar-refractivity contribution < 1.29 is 0 Å². The quantitative estimate of drug-likeness (QED) is 0.875. The third-order valence-electron chi connectivity index (χ3n) is 5.62. The van der Waals surface area contributed by atoms with Crippen LogP contribution in [0.1, 0.15) is 63.5 Å². The number of rotatable bonds is 4. The first kappa shape index (κ1) is 14.9. The van der Waals surface area contributed by atoms with Crippen molar-refractivity contribution in [1.29, 1.82) is 0 Å². The molecule has 3 rings (SSSR count). The van der Waals surface area contributed by atoms with Crippen LogP contribution in [-0.2, 0) is 0 Å². The molecule has 2 heteroatoms. The number of fused-ring (bicyclic) bond motifs is 1. The molecule has 0 amide bonds. The zero-order valence-electron chi connectivity index (χ0n) is 13.6. The molecule has 0 bridgehead atoms. The number of para-hydroxylation sites is 1. The van der Waals surface area contributed by atoms with Gasteiger partial charge in [-0.25, -0.2) is 0 Å². The molecule has 1 aromatic rings. The number of anilines is 1. The Morgan fingerprint density at radius 2 is 1.90 bits per heavy atom. The van der Waals surface area contributed by atoms with Crippen molar-refractivity contribution in [2.75, 3.05) is 18.5 Å². The number of piperidine rings is 1. The first-order chi connectivity index (χ1) is 10.3. The molecule has 2 aliphatic rings. The molecule has 1 aliphatic carbocycles. The lowest BCUT2D eigenvalue weighted by Gasteiger charge is -2.46.